The van der Waals surface area contributed by atoms with Gasteiger partial charge in [-0.25, -0.2) is 9.50 Å². The summed E-state index contributed by atoms with van der Waals surface area (Å²) in [6.07, 6.45) is 0. The van der Waals surface area contributed by atoms with E-state index < -0.39 is 0 Å². The summed E-state index contributed by atoms with van der Waals surface area (Å²) in [5.41, 5.74) is 3.83. The Morgan fingerprint density at radius 3 is 2.85 bits per heavy atom. The predicted octanol–water partition coefficient (Wildman–Crippen LogP) is 2.08. The highest BCUT2D eigenvalue weighted by molar-refractivity contribution is 6.16. The van der Waals surface area contributed by atoms with Crippen LogP contribution in [-0.4, -0.2) is 14.6 Å². The number of halogens is 1. The van der Waals surface area contributed by atoms with Crippen LogP contribution in [0.4, 0.5) is 0 Å². The number of aromatic nitrogens is 3. The number of imidazole rings is 1. The van der Waals surface area contributed by atoms with Gasteiger partial charge < -0.3 is 0 Å². The molecular formula is C9H10ClN3. The van der Waals surface area contributed by atoms with Crippen LogP contribution in [-0.2, 0) is 5.88 Å². The molecule has 0 spiro atoms. The summed E-state index contributed by atoms with van der Waals surface area (Å²) in [4.78, 5) is 4.35. The number of nitrogens with zero attached hydrogens (tertiary/aromatic N) is 3. The molecule has 0 bridgehead atoms. The molecule has 2 aromatic rings. The highest BCUT2D eigenvalue weighted by Gasteiger charge is 2.04. The Morgan fingerprint density at radius 2 is 2.15 bits per heavy atom. The van der Waals surface area contributed by atoms with Crippen LogP contribution in [0, 0.1) is 13.8 Å². The predicted molar refractivity (Wildman–Crippen MR) is 52.0 cm³/mol. The fourth-order valence-corrected chi connectivity index (χ4v) is 1.41. The zero-order valence-corrected chi connectivity index (χ0v) is 8.34. The Bertz CT molecular complexity index is 447. The van der Waals surface area contributed by atoms with Crippen molar-refractivity contribution >= 4 is 17.2 Å². The molecule has 0 saturated heterocycles. The molecular weight excluding hydrogens is 186 g/mol. The summed E-state index contributed by atoms with van der Waals surface area (Å²) in [7, 11) is 0. The van der Waals surface area contributed by atoms with Gasteiger partial charge in [-0.2, -0.15) is 5.10 Å². The largest absolute Gasteiger partial charge is 0.232 e. The van der Waals surface area contributed by atoms with E-state index in [1.165, 1.54) is 0 Å². The first-order valence-corrected chi connectivity index (χ1v) is 4.63. The molecule has 0 unspecified atom stereocenters. The lowest BCUT2D eigenvalue weighted by atomic mass is 10.4. The number of fused-ring (bicyclic) bond motifs is 1. The molecule has 2 aromatic heterocycles. The lowest BCUT2D eigenvalue weighted by Gasteiger charge is -1.97. The van der Waals surface area contributed by atoms with Crippen LogP contribution in [0.3, 0.4) is 0 Å². The summed E-state index contributed by atoms with van der Waals surface area (Å²) in [5.74, 6) is 0.437. The minimum Gasteiger partial charge on any atom is -0.232 e. The van der Waals surface area contributed by atoms with Crippen molar-refractivity contribution in [3.05, 3.63) is 29.2 Å². The molecule has 0 saturated carbocycles. The van der Waals surface area contributed by atoms with Crippen molar-refractivity contribution in [2.45, 2.75) is 19.7 Å². The molecule has 4 heteroatoms. The van der Waals surface area contributed by atoms with E-state index >= 15 is 0 Å². The van der Waals surface area contributed by atoms with Crippen molar-refractivity contribution in [2.24, 2.45) is 0 Å². The van der Waals surface area contributed by atoms with Gasteiger partial charge in [-0.05, 0) is 26.0 Å². The van der Waals surface area contributed by atoms with Gasteiger partial charge in [0, 0.05) is 0 Å². The maximum atomic E-state index is 5.69. The molecule has 0 radical (unpaired) electrons. The van der Waals surface area contributed by atoms with Crippen molar-refractivity contribution in [1.82, 2.24) is 14.6 Å². The fourth-order valence-electron chi connectivity index (χ4n) is 1.26. The Labute approximate surface area is 81.4 Å². The molecule has 0 aliphatic rings. The first-order valence-electron chi connectivity index (χ1n) is 4.10. The van der Waals surface area contributed by atoms with Crippen molar-refractivity contribution in [3.63, 3.8) is 0 Å². The third-order valence-corrected chi connectivity index (χ3v) is 2.40. The molecule has 0 atom stereocenters. The lowest BCUT2D eigenvalue weighted by Crippen LogP contribution is -1.97. The van der Waals surface area contributed by atoms with Crippen LogP contribution in [0.25, 0.3) is 5.65 Å². The lowest BCUT2D eigenvalue weighted by molar-refractivity contribution is 0.861. The average molecular weight is 196 g/mol. The van der Waals surface area contributed by atoms with Crippen LogP contribution < -0.4 is 0 Å². The first kappa shape index (κ1) is 8.51. The van der Waals surface area contributed by atoms with Gasteiger partial charge in [0.2, 0.25) is 0 Å². The number of hydrogen-bond acceptors (Lipinski definition) is 2. The van der Waals surface area contributed by atoms with Crippen LogP contribution in [0.15, 0.2) is 12.1 Å². The second-order valence-corrected chi connectivity index (χ2v) is 3.28. The van der Waals surface area contributed by atoms with Crippen molar-refractivity contribution in [1.29, 1.82) is 0 Å². The SMILES string of the molecule is Cc1nc2ccc(CCl)nn2c1C. The van der Waals surface area contributed by atoms with E-state index in [4.69, 9.17) is 11.6 Å². The monoisotopic (exact) mass is 195 g/mol. The summed E-state index contributed by atoms with van der Waals surface area (Å²) in [6, 6.07) is 3.83. The van der Waals surface area contributed by atoms with E-state index in [2.05, 4.69) is 10.1 Å². The highest BCUT2D eigenvalue weighted by atomic mass is 35.5. The topological polar surface area (TPSA) is 30.2 Å². The number of alkyl halides is 1. The molecule has 68 valence electrons. The molecule has 3 nitrogen and oxygen atoms in total. The molecule has 0 aliphatic carbocycles. The van der Waals surface area contributed by atoms with E-state index in [9.17, 15) is 0 Å². The van der Waals surface area contributed by atoms with Gasteiger partial charge in [-0.3, -0.25) is 0 Å². The summed E-state index contributed by atoms with van der Waals surface area (Å²) in [6.45, 7) is 3.98. The molecule has 2 heterocycles. The van der Waals surface area contributed by atoms with Gasteiger partial charge in [0.05, 0.1) is 23.0 Å². The Hall–Kier alpha value is -1.09. The molecule has 0 fully saturated rings. The summed E-state index contributed by atoms with van der Waals surface area (Å²) >= 11 is 5.69. The van der Waals surface area contributed by atoms with Crippen LogP contribution in [0.1, 0.15) is 17.1 Å². The maximum absolute atomic E-state index is 5.69. The van der Waals surface area contributed by atoms with Gasteiger partial charge >= 0.3 is 0 Å². The van der Waals surface area contributed by atoms with Crippen LogP contribution in [0.5, 0.6) is 0 Å². The van der Waals surface area contributed by atoms with Crippen molar-refractivity contribution < 1.29 is 0 Å². The standard InChI is InChI=1S/C9H10ClN3/c1-6-7(2)13-9(11-6)4-3-8(5-10)12-13/h3-4H,5H2,1-2H3. The van der Waals surface area contributed by atoms with E-state index in [0.717, 1.165) is 22.7 Å². The van der Waals surface area contributed by atoms with Gasteiger partial charge in [0.15, 0.2) is 5.65 Å². The second-order valence-electron chi connectivity index (χ2n) is 3.01. The summed E-state index contributed by atoms with van der Waals surface area (Å²) < 4.78 is 1.83. The quantitative estimate of drug-likeness (QED) is 0.653. The fraction of sp³-hybridized carbons (Fsp3) is 0.333. The summed E-state index contributed by atoms with van der Waals surface area (Å²) in [5, 5.41) is 4.34. The molecule has 13 heavy (non-hydrogen) atoms. The van der Waals surface area contributed by atoms with E-state index in [0.29, 0.717) is 5.88 Å². The second kappa shape index (κ2) is 3.00. The van der Waals surface area contributed by atoms with Crippen molar-refractivity contribution in [2.75, 3.05) is 0 Å². The number of rotatable bonds is 1. The van der Waals surface area contributed by atoms with E-state index in [1.54, 1.807) is 0 Å². The molecule has 0 aromatic carbocycles. The normalized spacial score (nSPS) is 11.0. The molecule has 0 amide bonds. The van der Waals surface area contributed by atoms with Gasteiger partial charge in [-0.15, -0.1) is 11.6 Å². The minimum atomic E-state index is 0.437. The minimum absolute atomic E-state index is 0.437. The van der Waals surface area contributed by atoms with Gasteiger partial charge in [0.1, 0.15) is 0 Å². The number of aryl methyl sites for hydroxylation is 2. The third kappa shape index (κ3) is 1.29. The van der Waals surface area contributed by atoms with Gasteiger partial charge in [-0.1, -0.05) is 0 Å². The zero-order valence-electron chi connectivity index (χ0n) is 7.58. The molecule has 2 rings (SSSR count). The number of hydrogen-bond donors (Lipinski definition) is 0. The smallest absolute Gasteiger partial charge is 0.154 e. The first-order chi connectivity index (χ1) is 6.22. The molecule has 0 aliphatic heterocycles. The van der Waals surface area contributed by atoms with Crippen LogP contribution in [0.2, 0.25) is 0 Å². The Morgan fingerprint density at radius 1 is 1.38 bits per heavy atom. The van der Waals surface area contributed by atoms with Crippen molar-refractivity contribution in [3.8, 4) is 0 Å². The average Bonchev–Trinajstić information content (AvgIpc) is 2.43. The Kier molecular flexibility index (Phi) is 1.96. The van der Waals surface area contributed by atoms with Gasteiger partial charge in [0.25, 0.3) is 0 Å². The zero-order chi connectivity index (χ0) is 9.42. The van der Waals surface area contributed by atoms with E-state index in [1.807, 2.05) is 30.5 Å². The van der Waals surface area contributed by atoms with E-state index in [-0.39, 0.29) is 0 Å². The maximum Gasteiger partial charge on any atom is 0.154 e. The van der Waals surface area contributed by atoms with Crippen LogP contribution >= 0.6 is 11.6 Å². The Balaban J connectivity index is 2.75. The third-order valence-electron chi connectivity index (χ3n) is 2.13. The molecule has 0 N–H and O–H groups in total. The highest BCUT2D eigenvalue weighted by Crippen LogP contribution is 2.10.